The van der Waals surface area contributed by atoms with Crippen LogP contribution in [0.2, 0.25) is 0 Å². The highest BCUT2D eigenvalue weighted by Crippen LogP contribution is 2.26. The largest absolute Gasteiger partial charge is 0.486 e. The Bertz CT molecular complexity index is 985. The van der Waals surface area contributed by atoms with Gasteiger partial charge in [-0.15, -0.1) is 22.7 Å². The van der Waals surface area contributed by atoms with Crippen LogP contribution in [0.3, 0.4) is 0 Å². The molecule has 2 aromatic heterocycles. The van der Waals surface area contributed by atoms with E-state index in [4.69, 9.17) is 4.74 Å². The Morgan fingerprint density at radius 2 is 1.79 bits per heavy atom. The van der Waals surface area contributed by atoms with E-state index >= 15 is 0 Å². The molecule has 1 unspecified atom stereocenters. The fourth-order valence-electron chi connectivity index (χ4n) is 2.86. The Morgan fingerprint density at radius 3 is 2.54 bits per heavy atom. The number of hydrogen-bond donors (Lipinski definition) is 1. The lowest BCUT2D eigenvalue weighted by molar-refractivity contribution is 0.304. The smallest absolute Gasteiger partial charge is 0.140 e. The van der Waals surface area contributed by atoms with Gasteiger partial charge in [0.1, 0.15) is 23.2 Å². The van der Waals surface area contributed by atoms with Gasteiger partial charge in [0.05, 0.1) is 11.7 Å². The molecule has 0 saturated carbocycles. The second-order valence-electron chi connectivity index (χ2n) is 6.22. The first kappa shape index (κ1) is 18.8. The van der Waals surface area contributed by atoms with Crippen LogP contribution in [0, 0.1) is 5.82 Å². The van der Waals surface area contributed by atoms with Gasteiger partial charge < -0.3 is 4.74 Å². The van der Waals surface area contributed by atoms with Crippen molar-refractivity contribution >= 4 is 22.7 Å². The summed E-state index contributed by atoms with van der Waals surface area (Å²) in [6, 6.07) is 20.8. The molecule has 1 atom stereocenters. The molecule has 0 aliphatic carbocycles. The molecule has 0 saturated heterocycles. The molecule has 0 fully saturated rings. The summed E-state index contributed by atoms with van der Waals surface area (Å²) in [6.07, 6.45) is 0. The van der Waals surface area contributed by atoms with Crippen LogP contribution >= 0.6 is 22.7 Å². The van der Waals surface area contributed by atoms with Gasteiger partial charge in [-0.25, -0.2) is 9.37 Å². The van der Waals surface area contributed by atoms with E-state index in [0.717, 1.165) is 10.7 Å². The summed E-state index contributed by atoms with van der Waals surface area (Å²) in [5.41, 5.74) is 2.22. The summed E-state index contributed by atoms with van der Waals surface area (Å²) in [7, 11) is 0. The fourth-order valence-corrected chi connectivity index (χ4v) is 4.39. The van der Waals surface area contributed by atoms with Crippen LogP contribution in [0.4, 0.5) is 4.39 Å². The van der Waals surface area contributed by atoms with Gasteiger partial charge in [-0.3, -0.25) is 5.32 Å². The van der Waals surface area contributed by atoms with E-state index in [-0.39, 0.29) is 11.9 Å². The molecule has 4 rings (SSSR count). The van der Waals surface area contributed by atoms with Crippen molar-refractivity contribution in [2.45, 2.75) is 19.2 Å². The van der Waals surface area contributed by atoms with E-state index in [1.54, 1.807) is 34.8 Å². The normalized spacial score (nSPS) is 12.0. The number of rotatable bonds is 8. The van der Waals surface area contributed by atoms with Crippen LogP contribution in [-0.2, 0) is 13.2 Å². The van der Waals surface area contributed by atoms with Crippen LogP contribution in [0.5, 0.6) is 5.75 Å². The number of thiophene rings is 1. The highest BCUT2D eigenvalue weighted by molar-refractivity contribution is 7.10. The fraction of sp³-hybridized carbons (Fsp3) is 0.136. The molecule has 2 aromatic carbocycles. The first-order chi connectivity index (χ1) is 13.8. The van der Waals surface area contributed by atoms with Gasteiger partial charge in [0.15, 0.2) is 0 Å². The third-order valence-corrected chi connectivity index (χ3v) is 6.03. The first-order valence-electron chi connectivity index (χ1n) is 8.91. The Labute approximate surface area is 171 Å². The van der Waals surface area contributed by atoms with Crippen LogP contribution < -0.4 is 10.1 Å². The molecule has 2 heterocycles. The average Bonchev–Trinajstić information content (AvgIpc) is 3.41. The molecule has 142 valence electrons. The number of hydrogen-bond acceptors (Lipinski definition) is 5. The van der Waals surface area contributed by atoms with Crippen molar-refractivity contribution in [3.63, 3.8) is 0 Å². The molecular formula is C22H19FN2OS2. The molecule has 0 aliphatic heterocycles. The molecule has 0 aliphatic rings. The van der Waals surface area contributed by atoms with E-state index in [2.05, 4.69) is 52.1 Å². The zero-order valence-electron chi connectivity index (χ0n) is 15.0. The Morgan fingerprint density at radius 1 is 0.964 bits per heavy atom. The summed E-state index contributed by atoms with van der Waals surface area (Å²) in [5.74, 6) is 0.367. The second kappa shape index (κ2) is 9.10. The quantitative estimate of drug-likeness (QED) is 0.398. The minimum absolute atomic E-state index is 0.141. The zero-order valence-corrected chi connectivity index (χ0v) is 16.7. The summed E-state index contributed by atoms with van der Waals surface area (Å²) in [5, 5.41) is 8.66. The van der Waals surface area contributed by atoms with E-state index in [1.807, 2.05) is 11.4 Å². The van der Waals surface area contributed by atoms with Crippen molar-refractivity contribution in [1.29, 1.82) is 0 Å². The maximum absolute atomic E-state index is 13.0. The first-order valence-corrected chi connectivity index (χ1v) is 10.7. The number of halogens is 1. The van der Waals surface area contributed by atoms with E-state index < -0.39 is 0 Å². The molecule has 28 heavy (non-hydrogen) atoms. The standard InChI is InChI=1S/C22H19FN2OS2/c23-17-8-10-19(11-9-17)26-14-21-25-18(15-28-21)13-24-22(20-7-4-12-27-20)16-5-2-1-3-6-16/h1-12,15,22,24H,13-14H2. The van der Waals surface area contributed by atoms with Crippen molar-refractivity contribution in [3.05, 3.63) is 104 Å². The Kier molecular flexibility index (Phi) is 6.11. The summed E-state index contributed by atoms with van der Waals surface area (Å²) >= 11 is 3.32. The van der Waals surface area contributed by atoms with Gasteiger partial charge in [-0.05, 0) is 41.3 Å². The van der Waals surface area contributed by atoms with Crippen LogP contribution in [0.15, 0.2) is 77.5 Å². The molecule has 1 N–H and O–H groups in total. The molecule has 0 spiro atoms. The Balaban J connectivity index is 1.38. The number of ether oxygens (including phenoxy) is 1. The molecule has 0 amide bonds. The molecule has 4 aromatic rings. The van der Waals surface area contributed by atoms with Gasteiger partial charge in [-0.1, -0.05) is 36.4 Å². The van der Waals surface area contributed by atoms with Crippen molar-refractivity contribution in [3.8, 4) is 5.75 Å². The predicted molar refractivity (Wildman–Crippen MR) is 112 cm³/mol. The molecule has 0 bridgehead atoms. The van der Waals surface area contributed by atoms with Crippen molar-refractivity contribution < 1.29 is 9.13 Å². The van der Waals surface area contributed by atoms with E-state index in [1.165, 1.54) is 22.6 Å². The monoisotopic (exact) mass is 410 g/mol. The molecular weight excluding hydrogens is 391 g/mol. The maximum Gasteiger partial charge on any atom is 0.140 e. The lowest BCUT2D eigenvalue weighted by atomic mass is 10.1. The van der Waals surface area contributed by atoms with Crippen LogP contribution in [0.25, 0.3) is 0 Å². The summed E-state index contributed by atoms with van der Waals surface area (Å²) in [6.45, 7) is 1.05. The highest BCUT2D eigenvalue weighted by Gasteiger charge is 2.15. The average molecular weight is 411 g/mol. The Hall–Kier alpha value is -2.54. The van der Waals surface area contributed by atoms with Gasteiger partial charge in [-0.2, -0.15) is 0 Å². The number of thiazole rings is 1. The van der Waals surface area contributed by atoms with Crippen LogP contribution in [-0.4, -0.2) is 4.98 Å². The SMILES string of the molecule is Fc1ccc(OCc2nc(CNC(c3ccccc3)c3cccs3)cs2)cc1. The van der Waals surface area contributed by atoms with E-state index in [9.17, 15) is 4.39 Å². The van der Waals surface area contributed by atoms with Gasteiger partial charge in [0.25, 0.3) is 0 Å². The van der Waals surface area contributed by atoms with Crippen molar-refractivity contribution in [2.75, 3.05) is 0 Å². The third kappa shape index (κ3) is 4.84. The number of nitrogens with zero attached hydrogens (tertiary/aromatic N) is 1. The van der Waals surface area contributed by atoms with E-state index in [0.29, 0.717) is 18.9 Å². The topological polar surface area (TPSA) is 34.1 Å². The maximum atomic E-state index is 13.0. The summed E-state index contributed by atoms with van der Waals surface area (Å²) in [4.78, 5) is 5.93. The van der Waals surface area contributed by atoms with Gasteiger partial charge >= 0.3 is 0 Å². The van der Waals surface area contributed by atoms with Crippen LogP contribution in [0.1, 0.15) is 27.2 Å². The lowest BCUT2D eigenvalue weighted by Gasteiger charge is -2.17. The summed E-state index contributed by atoms with van der Waals surface area (Å²) < 4.78 is 18.6. The molecule has 0 radical (unpaired) electrons. The van der Waals surface area contributed by atoms with Gasteiger partial charge in [0, 0.05) is 16.8 Å². The third-order valence-electron chi connectivity index (χ3n) is 4.22. The molecule has 3 nitrogen and oxygen atoms in total. The predicted octanol–water partition coefficient (Wildman–Crippen LogP) is 5.80. The number of aromatic nitrogens is 1. The van der Waals surface area contributed by atoms with Crippen molar-refractivity contribution in [1.82, 2.24) is 10.3 Å². The number of benzene rings is 2. The molecule has 6 heteroatoms. The second-order valence-corrected chi connectivity index (χ2v) is 8.14. The van der Waals surface area contributed by atoms with Gasteiger partial charge in [0.2, 0.25) is 0 Å². The zero-order chi connectivity index (χ0) is 19.2. The highest BCUT2D eigenvalue weighted by atomic mass is 32.1. The number of nitrogens with one attached hydrogen (secondary N) is 1. The minimum atomic E-state index is -0.270. The van der Waals surface area contributed by atoms with Crippen molar-refractivity contribution in [2.24, 2.45) is 0 Å². The lowest BCUT2D eigenvalue weighted by Crippen LogP contribution is -2.21. The minimum Gasteiger partial charge on any atom is -0.486 e.